The Labute approximate surface area is 131 Å². The zero-order chi connectivity index (χ0) is 15.8. The van der Waals surface area contributed by atoms with Gasteiger partial charge in [-0.15, -0.1) is 0 Å². The largest absolute Gasteiger partial charge is 0.484 e. The molecule has 6 nitrogen and oxygen atoms in total. The summed E-state index contributed by atoms with van der Waals surface area (Å²) >= 11 is 0. The highest BCUT2D eigenvalue weighted by Gasteiger charge is 2.26. The fraction of sp³-hybridized carbons (Fsp3) is 0.176. The number of nitrogens with zero attached hydrogens (tertiary/aromatic N) is 1. The molecule has 2 aromatic carbocycles. The van der Waals surface area contributed by atoms with Gasteiger partial charge in [0.1, 0.15) is 16.9 Å². The van der Waals surface area contributed by atoms with Crippen molar-refractivity contribution in [1.29, 1.82) is 0 Å². The molecule has 1 saturated heterocycles. The standard InChI is InChI=1S/C17H14N2O4/c20-16(19-8-7-18-17(19)21)10-22-11-5-6-15-13(9-11)12-3-1-2-4-14(12)23-15/h1-6,9H,7-8,10H2,(H,18,21). The second kappa shape index (κ2) is 5.31. The summed E-state index contributed by atoms with van der Waals surface area (Å²) < 4.78 is 11.3. The van der Waals surface area contributed by atoms with Crippen LogP contribution in [-0.4, -0.2) is 36.5 Å². The molecule has 0 atom stereocenters. The molecule has 1 aliphatic heterocycles. The van der Waals surface area contributed by atoms with Gasteiger partial charge in [0, 0.05) is 23.9 Å². The lowest BCUT2D eigenvalue weighted by atomic mass is 10.1. The summed E-state index contributed by atoms with van der Waals surface area (Å²) in [6, 6.07) is 12.8. The first-order chi connectivity index (χ1) is 11.2. The van der Waals surface area contributed by atoms with Crippen molar-refractivity contribution in [1.82, 2.24) is 10.2 Å². The van der Waals surface area contributed by atoms with Crippen LogP contribution in [0, 0.1) is 0 Å². The van der Waals surface area contributed by atoms with Crippen LogP contribution in [0.1, 0.15) is 0 Å². The first kappa shape index (κ1) is 13.6. The van der Waals surface area contributed by atoms with Gasteiger partial charge in [-0.05, 0) is 24.3 Å². The monoisotopic (exact) mass is 310 g/mol. The third kappa shape index (κ3) is 2.38. The first-order valence-electron chi connectivity index (χ1n) is 7.35. The number of ether oxygens (including phenoxy) is 1. The molecule has 1 fully saturated rings. The summed E-state index contributed by atoms with van der Waals surface area (Å²) in [5.74, 6) is 0.217. The van der Waals surface area contributed by atoms with Crippen molar-refractivity contribution < 1.29 is 18.7 Å². The van der Waals surface area contributed by atoms with Gasteiger partial charge < -0.3 is 14.5 Å². The lowest BCUT2D eigenvalue weighted by molar-refractivity contribution is -0.129. The van der Waals surface area contributed by atoms with Crippen LogP contribution in [0.5, 0.6) is 5.75 Å². The maximum Gasteiger partial charge on any atom is 0.324 e. The van der Waals surface area contributed by atoms with E-state index in [1.807, 2.05) is 36.4 Å². The first-order valence-corrected chi connectivity index (χ1v) is 7.35. The summed E-state index contributed by atoms with van der Waals surface area (Å²) in [5, 5.41) is 4.52. The second-order valence-electron chi connectivity index (χ2n) is 5.32. The molecule has 116 valence electrons. The molecule has 0 unspecified atom stereocenters. The van der Waals surface area contributed by atoms with Gasteiger partial charge in [-0.2, -0.15) is 0 Å². The minimum absolute atomic E-state index is 0.172. The smallest absolute Gasteiger partial charge is 0.324 e. The number of carbonyl (C=O) groups is 2. The number of nitrogens with one attached hydrogen (secondary N) is 1. The van der Waals surface area contributed by atoms with Crippen molar-refractivity contribution in [3.05, 3.63) is 42.5 Å². The topological polar surface area (TPSA) is 71.8 Å². The molecule has 0 aliphatic carbocycles. The number of hydrogen-bond acceptors (Lipinski definition) is 4. The Morgan fingerprint density at radius 1 is 1.17 bits per heavy atom. The molecule has 0 saturated carbocycles. The zero-order valence-electron chi connectivity index (χ0n) is 12.2. The number of fused-ring (bicyclic) bond motifs is 3. The third-order valence-electron chi connectivity index (χ3n) is 3.87. The van der Waals surface area contributed by atoms with Crippen molar-refractivity contribution in [2.24, 2.45) is 0 Å². The lowest BCUT2D eigenvalue weighted by Gasteiger charge is -2.12. The number of hydrogen-bond donors (Lipinski definition) is 1. The minimum atomic E-state index is -0.366. The van der Waals surface area contributed by atoms with Gasteiger partial charge in [-0.3, -0.25) is 9.69 Å². The highest BCUT2D eigenvalue weighted by Crippen LogP contribution is 2.31. The van der Waals surface area contributed by atoms with Gasteiger partial charge >= 0.3 is 6.03 Å². The molecule has 0 bridgehead atoms. The van der Waals surface area contributed by atoms with E-state index in [1.54, 1.807) is 6.07 Å². The van der Waals surface area contributed by atoms with E-state index in [9.17, 15) is 9.59 Å². The van der Waals surface area contributed by atoms with E-state index in [-0.39, 0.29) is 18.5 Å². The predicted molar refractivity (Wildman–Crippen MR) is 84.3 cm³/mol. The highest BCUT2D eigenvalue weighted by molar-refractivity contribution is 6.05. The van der Waals surface area contributed by atoms with Gasteiger partial charge in [0.25, 0.3) is 5.91 Å². The zero-order valence-corrected chi connectivity index (χ0v) is 12.2. The van der Waals surface area contributed by atoms with Crippen molar-refractivity contribution in [3.8, 4) is 5.75 Å². The van der Waals surface area contributed by atoms with E-state index in [0.29, 0.717) is 18.8 Å². The van der Waals surface area contributed by atoms with Crippen LogP contribution in [0.3, 0.4) is 0 Å². The van der Waals surface area contributed by atoms with Crippen LogP contribution in [-0.2, 0) is 4.79 Å². The van der Waals surface area contributed by atoms with Gasteiger partial charge in [0.2, 0.25) is 0 Å². The van der Waals surface area contributed by atoms with Crippen molar-refractivity contribution in [2.75, 3.05) is 19.7 Å². The molecule has 0 spiro atoms. The van der Waals surface area contributed by atoms with Gasteiger partial charge in [0.15, 0.2) is 6.61 Å². The van der Waals surface area contributed by atoms with Gasteiger partial charge in [-0.1, -0.05) is 18.2 Å². The minimum Gasteiger partial charge on any atom is -0.484 e. The predicted octanol–water partition coefficient (Wildman–Crippen LogP) is 2.52. The number of urea groups is 1. The summed E-state index contributed by atoms with van der Waals surface area (Å²) in [7, 11) is 0. The van der Waals surface area contributed by atoms with E-state index in [2.05, 4.69) is 5.32 Å². The molecule has 4 rings (SSSR count). The SMILES string of the molecule is O=C(COc1ccc2oc3ccccc3c2c1)N1CCNC1=O. The Morgan fingerprint density at radius 2 is 2.00 bits per heavy atom. The molecule has 3 amide bonds. The highest BCUT2D eigenvalue weighted by atomic mass is 16.5. The molecule has 2 heterocycles. The van der Waals surface area contributed by atoms with Crippen LogP contribution in [0.25, 0.3) is 21.9 Å². The van der Waals surface area contributed by atoms with Crippen LogP contribution < -0.4 is 10.1 Å². The number of carbonyl (C=O) groups excluding carboxylic acids is 2. The maximum absolute atomic E-state index is 12.0. The van der Waals surface area contributed by atoms with E-state index in [4.69, 9.17) is 9.15 Å². The van der Waals surface area contributed by atoms with E-state index >= 15 is 0 Å². The lowest BCUT2D eigenvalue weighted by Crippen LogP contribution is -2.37. The fourth-order valence-electron chi connectivity index (χ4n) is 2.73. The molecule has 1 N–H and O–H groups in total. The molecule has 23 heavy (non-hydrogen) atoms. The third-order valence-corrected chi connectivity index (χ3v) is 3.87. The fourth-order valence-corrected chi connectivity index (χ4v) is 2.73. The second-order valence-corrected chi connectivity index (χ2v) is 5.32. The molecule has 0 radical (unpaired) electrons. The normalized spacial score (nSPS) is 14.4. The van der Waals surface area contributed by atoms with Crippen molar-refractivity contribution in [3.63, 3.8) is 0 Å². The molecule has 3 aromatic rings. The number of amides is 3. The molecular weight excluding hydrogens is 296 g/mol. The quantitative estimate of drug-likeness (QED) is 0.807. The van der Waals surface area contributed by atoms with E-state index < -0.39 is 0 Å². The van der Waals surface area contributed by atoms with Crippen LogP contribution >= 0.6 is 0 Å². The summed E-state index contributed by atoms with van der Waals surface area (Å²) in [6.45, 7) is 0.693. The number of benzene rings is 2. The summed E-state index contributed by atoms with van der Waals surface area (Å²) in [6.07, 6.45) is 0. The summed E-state index contributed by atoms with van der Waals surface area (Å²) in [4.78, 5) is 24.6. The molecular formula is C17H14N2O4. The number of para-hydroxylation sites is 1. The Hall–Kier alpha value is -3.02. The molecule has 1 aromatic heterocycles. The number of furan rings is 1. The van der Waals surface area contributed by atoms with Crippen LogP contribution in [0.15, 0.2) is 46.9 Å². The van der Waals surface area contributed by atoms with E-state index in [0.717, 1.165) is 26.8 Å². The number of rotatable bonds is 3. The Balaban J connectivity index is 1.56. The van der Waals surface area contributed by atoms with Gasteiger partial charge in [-0.25, -0.2) is 4.79 Å². The average molecular weight is 310 g/mol. The van der Waals surface area contributed by atoms with Crippen LogP contribution in [0.2, 0.25) is 0 Å². The molecule has 1 aliphatic rings. The Morgan fingerprint density at radius 3 is 2.83 bits per heavy atom. The Kier molecular flexibility index (Phi) is 3.15. The van der Waals surface area contributed by atoms with Crippen LogP contribution in [0.4, 0.5) is 4.79 Å². The Bertz CT molecular complexity index is 915. The number of imide groups is 1. The average Bonchev–Trinajstić information content (AvgIpc) is 3.15. The summed E-state index contributed by atoms with van der Waals surface area (Å²) in [5.41, 5.74) is 1.58. The maximum atomic E-state index is 12.0. The van der Waals surface area contributed by atoms with E-state index in [1.165, 1.54) is 0 Å². The molecule has 6 heteroatoms. The van der Waals surface area contributed by atoms with Crippen molar-refractivity contribution in [2.45, 2.75) is 0 Å². The van der Waals surface area contributed by atoms with Crippen molar-refractivity contribution >= 4 is 33.9 Å². The van der Waals surface area contributed by atoms with Gasteiger partial charge in [0.05, 0.1) is 0 Å².